The third-order valence-corrected chi connectivity index (χ3v) is 15.0. The summed E-state index contributed by atoms with van der Waals surface area (Å²) in [5.74, 6) is 1.98. The summed E-state index contributed by atoms with van der Waals surface area (Å²) in [7, 11) is 0. The van der Waals surface area contributed by atoms with Crippen molar-refractivity contribution in [1.29, 1.82) is 0 Å². The standard InChI is InChI=1S/C67H103N5/c1-5-9-13-17-21-25-29-33-42-59-44-37-50-63(56-59)71(66-53-39-48-61(68-66)46-35-31-27-23-19-15-11-7-3)65-52-41-55-70(58-65)72(64-51-38-45-60(57-64)43-34-30-26-22-18-14-10-6-2)67-54-40-49-62(69-67)47-36-32-28-24-20-16-12-8-4/h37-41,44-45,48-57H,5-36,42-43,46-47,58H2,1-4H3. The van der Waals surface area contributed by atoms with Gasteiger partial charge in [-0.05, 0) is 123 Å². The lowest BCUT2D eigenvalue weighted by molar-refractivity contribution is 0.404. The highest BCUT2D eigenvalue weighted by Crippen LogP contribution is 2.35. The molecular weight excluding hydrogens is 875 g/mol. The van der Waals surface area contributed by atoms with E-state index >= 15 is 0 Å². The number of hydrazine groups is 1. The van der Waals surface area contributed by atoms with Crippen LogP contribution in [-0.2, 0) is 25.7 Å². The van der Waals surface area contributed by atoms with Crippen molar-refractivity contribution in [3.8, 4) is 0 Å². The Balaban J connectivity index is 1.39. The molecule has 1 aliphatic rings. The predicted octanol–water partition coefficient (Wildman–Crippen LogP) is 20.8. The summed E-state index contributed by atoms with van der Waals surface area (Å²) in [5.41, 5.74) is 8.75. The first kappa shape index (κ1) is 58.5. The van der Waals surface area contributed by atoms with Crippen molar-refractivity contribution in [2.75, 3.05) is 16.5 Å². The lowest BCUT2D eigenvalue weighted by Crippen LogP contribution is -2.41. The maximum atomic E-state index is 5.48. The number of aromatic nitrogens is 2. The van der Waals surface area contributed by atoms with Gasteiger partial charge in [0.25, 0.3) is 0 Å². The predicted molar refractivity (Wildman–Crippen MR) is 315 cm³/mol. The fraction of sp³-hybridized carbons (Fsp3) is 0.612. The molecule has 5 heteroatoms. The molecule has 2 aromatic carbocycles. The minimum Gasteiger partial charge on any atom is -0.297 e. The van der Waals surface area contributed by atoms with E-state index in [1.165, 1.54) is 245 Å². The normalized spacial score (nSPS) is 12.4. The second-order valence-electron chi connectivity index (χ2n) is 21.5. The molecule has 1 aliphatic heterocycles. The van der Waals surface area contributed by atoms with Crippen molar-refractivity contribution in [3.63, 3.8) is 0 Å². The van der Waals surface area contributed by atoms with Gasteiger partial charge in [0.1, 0.15) is 5.82 Å². The van der Waals surface area contributed by atoms with Crippen molar-refractivity contribution >= 4 is 23.0 Å². The minimum atomic E-state index is 0.675. The summed E-state index contributed by atoms with van der Waals surface area (Å²) in [6, 6.07) is 32.1. The number of anilines is 4. The number of hydrogen-bond donors (Lipinski definition) is 0. The average Bonchev–Trinajstić information content (AvgIpc) is 3.40. The number of rotatable bonds is 42. The van der Waals surface area contributed by atoms with E-state index in [-0.39, 0.29) is 0 Å². The van der Waals surface area contributed by atoms with Crippen LogP contribution in [0.1, 0.15) is 256 Å². The Morgan fingerprint density at radius 2 is 0.764 bits per heavy atom. The molecule has 0 unspecified atom stereocenters. The molecule has 396 valence electrons. The molecule has 0 saturated heterocycles. The fourth-order valence-corrected chi connectivity index (χ4v) is 10.6. The number of aryl methyl sites for hydroxylation is 4. The maximum Gasteiger partial charge on any atom is 0.152 e. The molecule has 0 N–H and O–H groups in total. The molecule has 5 rings (SSSR count). The van der Waals surface area contributed by atoms with Crippen LogP contribution < -0.4 is 9.91 Å². The molecule has 0 amide bonds. The first-order valence-electron chi connectivity index (χ1n) is 30.5. The van der Waals surface area contributed by atoms with Gasteiger partial charge in [-0.2, -0.15) is 0 Å². The number of nitrogens with zero attached hydrogens (tertiary/aromatic N) is 5. The summed E-state index contributed by atoms with van der Waals surface area (Å²) in [5, 5.41) is 4.79. The molecule has 5 nitrogen and oxygen atoms in total. The van der Waals surface area contributed by atoms with Gasteiger partial charge in [0, 0.05) is 29.0 Å². The van der Waals surface area contributed by atoms with E-state index < -0.39 is 0 Å². The third kappa shape index (κ3) is 22.8. The highest BCUT2D eigenvalue weighted by atomic mass is 15.6. The van der Waals surface area contributed by atoms with Gasteiger partial charge in [0.2, 0.25) is 0 Å². The number of allylic oxidation sites excluding steroid dienone is 2. The molecule has 3 heterocycles. The van der Waals surface area contributed by atoms with Crippen molar-refractivity contribution in [3.05, 3.63) is 131 Å². The zero-order valence-corrected chi connectivity index (χ0v) is 46.7. The molecule has 0 atom stereocenters. The summed E-state index contributed by atoms with van der Waals surface area (Å²) >= 11 is 0. The van der Waals surface area contributed by atoms with Crippen LogP contribution >= 0.6 is 0 Å². The highest BCUT2D eigenvalue weighted by molar-refractivity contribution is 5.68. The summed E-state index contributed by atoms with van der Waals surface area (Å²) in [4.78, 5) is 13.4. The van der Waals surface area contributed by atoms with Crippen molar-refractivity contribution < 1.29 is 0 Å². The highest BCUT2D eigenvalue weighted by Gasteiger charge is 2.25. The van der Waals surface area contributed by atoms with Gasteiger partial charge in [0.05, 0.1) is 12.2 Å². The molecular formula is C67H103N5. The van der Waals surface area contributed by atoms with E-state index in [4.69, 9.17) is 9.97 Å². The van der Waals surface area contributed by atoms with Gasteiger partial charge in [-0.1, -0.05) is 244 Å². The molecule has 0 aliphatic carbocycles. The second-order valence-corrected chi connectivity index (χ2v) is 21.5. The largest absolute Gasteiger partial charge is 0.297 e. The van der Waals surface area contributed by atoms with Crippen LogP contribution in [0.4, 0.5) is 23.0 Å². The Kier molecular flexibility index (Phi) is 30.4. The first-order valence-corrected chi connectivity index (χ1v) is 30.5. The summed E-state index contributed by atoms with van der Waals surface area (Å²) in [6.45, 7) is 9.89. The van der Waals surface area contributed by atoms with Crippen LogP contribution in [0.25, 0.3) is 0 Å². The van der Waals surface area contributed by atoms with Crippen molar-refractivity contribution in [2.45, 2.75) is 259 Å². The maximum absolute atomic E-state index is 5.48. The Bertz CT molecular complexity index is 1920. The number of pyridine rings is 2. The third-order valence-electron chi connectivity index (χ3n) is 15.0. The first-order chi connectivity index (χ1) is 35.6. The minimum absolute atomic E-state index is 0.675. The zero-order valence-electron chi connectivity index (χ0n) is 46.7. The Hall–Kier alpha value is -4.38. The van der Waals surface area contributed by atoms with Gasteiger partial charge < -0.3 is 0 Å². The van der Waals surface area contributed by atoms with Crippen LogP contribution in [0, 0.1) is 0 Å². The molecule has 0 saturated carbocycles. The second kappa shape index (κ2) is 37.4. The van der Waals surface area contributed by atoms with Crippen LogP contribution in [0.5, 0.6) is 0 Å². The van der Waals surface area contributed by atoms with E-state index in [1.54, 1.807) is 0 Å². The zero-order chi connectivity index (χ0) is 50.5. The number of hydrogen-bond acceptors (Lipinski definition) is 5. The van der Waals surface area contributed by atoms with Gasteiger partial charge in [-0.25, -0.2) is 15.0 Å². The van der Waals surface area contributed by atoms with Gasteiger partial charge in [0.15, 0.2) is 5.82 Å². The molecule has 0 fully saturated rings. The molecule has 0 radical (unpaired) electrons. The van der Waals surface area contributed by atoms with E-state index in [9.17, 15) is 0 Å². The van der Waals surface area contributed by atoms with Crippen LogP contribution in [-0.4, -0.2) is 21.5 Å². The van der Waals surface area contributed by atoms with Crippen LogP contribution in [0.3, 0.4) is 0 Å². The molecule has 2 aromatic heterocycles. The molecule has 72 heavy (non-hydrogen) atoms. The van der Waals surface area contributed by atoms with Crippen LogP contribution in [0.2, 0.25) is 0 Å². The molecule has 4 aromatic rings. The van der Waals surface area contributed by atoms with Crippen molar-refractivity contribution in [2.24, 2.45) is 0 Å². The lowest BCUT2D eigenvalue weighted by atomic mass is 10.0. The molecule has 0 spiro atoms. The Morgan fingerprint density at radius 1 is 0.389 bits per heavy atom. The van der Waals surface area contributed by atoms with E-state index in [0.717, 1.165) is 37.3 Å². The van der Waals surface area contributed by atoms with Crippen LogP contribution in [0.15, 0.2) is 109 Å². The SMILES string of the molecule is CCCCCCCCCCc1cccc(N(C2=CC=CN(N(c3cccc(CCCCCCCCCC)c3)c3cccc(CCCCCCCCCC)n3)C2)c2cccc(CCCCCCCCCC)n2)c1. The lowest BCUT2D eigenvalue weighted by Gasteiger charge is -2.39. The van der Waals surface area contributed by atoms with Gasteiger partial charge >= 0.3 is 0 Å². The monoisotopic (exact) mass is 978 g/mol. The van der Waals surface area contributed by atoms with Gasteiger partial charge in [-0.15, -0.1) is 0 Å². The van der Waals surface area contributed by atoms with E-state index in [1.807, 2.05) is 0 Å². The number of unbranched alkanes of at least 4 members (excludes halogenated alkanes) is 28. The van der Waals surface area contributed by atoms with E-state index in [0.29, 0.717) is 6.54 Å². The van der Waals surface area contributed by atoms with Gasteiger partial charge in [-0.3, -0.25) is 9.91 Å². The fourth-order valence-electron chi connectivity index (χ4n) is 10.6. The Labute approximate surface area is 442 Å². The average molecular weight is 979 g/mol. The summed E-state index contributed by atoms with van der Waals surface area (Å²) < 4.78 is 0. The smallest absolute Gasteiger partial charge is 0.152 e. The van der Waals surface area contributed by atoms with Crippen molar-refractivity contribution in [1.82, 2.24) is 15.0 Å². The summed E-state index contributed by atoms with van der Waals surface area (Å²) in [6.07, 6.45) is 53.6. The number of benzene rings is 2. The molecule has 0 bridgehead atoms. The quantitative estimate of drug-likeness (QED) is 0.0414. The van der Waals surface area contributed by atoms with E-state index in [2.05, 4.69) is 146 Å². The topological polar surface area (TPSA) is 35.5 Å². The Morgan fingerprint density at radius 3 is 1.24 bits per heavy atom.